The van der Waals surface area contributed by atoms with Crippen molar-refractivity contribution >= 4 is 11.9 Å². The number of hydrogen-bond acceptors (Lipinski definition) is 2. The van der Waals surface area contributed by atoms with Gasteiger partial charge >= 0.3 is 11.9 Å². The first-order valence-electron chi connectivity index (χ1n) is 6.86. The molecule has 0 aliphatic heterocycles. The van der Waals surface area contributed by atoms with Gasteiger partial charge in [0.15, 0.2) is 5.41 Å². The van der Waals surface area contributed by atoms with Crippen molar-refractivity contribution in [2.24, 2.45) is 11.3 Å². The normalized spacial score (nSPS) is 11.8. The second-order valence-electron chi connectivity index (χ2n) is 5.25. The van der Waals surface area contributed by atoms with Gasteiger partial charge in [0.2, 0.25) is 0 Å². The largest absolute Gasteiger partial charge is 0.480 e. The average molecular weight is 258 g/mol. The van der Waals surface area contributed by atoms with E-state index >= 15 is 0 Å². The average Bonchev–Trinajstić information content (AvgIpc) is 2.26. The molecule has 0 saturated heterocycles. The SMILES string of the molecule is CCCCCCCCC(C(=O)O)(C(=O)O)C(C)C. The van der Waals surface area contributed by atoms with Crippen LogP contribution in [0.3, 0.4) is 0 Å². The van der Waals surface area contributed by atoms with Crippen molar-refractivity contribution in [3.8, 4) is 0 Å². The number of hydrogen-bond donors (Lipinski definition) is 2. The molecule has 0 radical (unpaired) electrons. The fraction of sp³-hybridized carbons (Fsp3) is 0.857. The topological polar surface area (TPSA) is 74.6 Å². The summed E-state index contributed by atoms with van der Waals surface area (Å²) in [6.07, 6.45) is 6.36. The number of aliphatic carboxylic acids is 2. The smallest absolute Gasteiger partial charge is 0.321 e. The highest BCUT2D eigenvalue weighted by molar-refractivity contribution is 5.98. The molecule has 0 spiro atoms. The van der Waals surface area contributed by atoms with Crippen LogP contribution in [-0.4, -0.2) is 22.2 Å². The first-order valence-corrected chi connectivity index (χ1v) is 6.86. The molecule has 4 heteroatoms. The highest BCUT2D eigenvalue weighted by Crippen LogP contribution is 2.34. The zero-order chi connectivity index (χ0) is 14.2. The minimum Gasteiger partial charge on any atom is -0.480 e. The van der Waals surface area contributed by atoms with Gasteiger partial charge in [0.05, 0.1) is 0 Å². The van der Waals surface area contributed by atoms with E-state index in [1.807, 2.05) is 0 Å². The summed E-state index contributed by atoms with van der Waals surface area (Å²) < 4.78 is 0. The molecule has 0 fully saturated rings. The number of carbonyl (C=O) groups is 2. The van der Waals surface area contributed by atoms with E-state index in [2.05, 4.69) is 6.92 Å². The standard InChI is InChI=1S/C14H26O4/c1-4-5-6-7-8-9-10-14(11(2)3,12(15)16)13(17)18/h11H,4-10H2,1-3H3,(H,15,16)(H,17,18). The zero-order valence-corrected chi connectivity index (χ0v) is 11.7. The van der Waals surface area contributed by atoms with Gasteiger partial charge in [-0.25, -0.2) is 0 Å². The third-order valence-corrected chi connectivity index (χ3v) is 3.67. The third-order valence-electron chi connectivity index (χ3n) is 3.67. The summed E-state index contributed by atoms with van der Waals surface area (Å²) in [6, 6.07) is 0. The second-order valence-corrected chi connectivity index (χ2v) is 5.25. The van der Waals surface area contributed by atoms with Gasteiger partial charge in [0.25, 0.3) is 0 Å². The Balaban J connectivity index is 4.35. The summed E-state index contributed by atoms with van der Waals surface area (Å²) in [5, 5.41) is 18.4. The maximum atomic E-state index is 11.3. The molecule has 0 bridgehead atoms. The number of rotatable bonds is 10. The van der Waals surface area contributed by atoms with E-state index in [0.29, 0.717) is 6.42 Å². The van der Waals surface area contributed by atoms with E-state index in [-0.39, 0.29) is 6.42 Å². The molecule has 0 rings (SSSR count). The Hall–Kier alpha value is -1.06. The summed E-state index contributed by atoms with van der Waals surface area (Å²) in [7, 11) is 0. The van der Waals surface area contributed by atoms with Gasteiger partial charge in [0.1, 0.15) is 0 Å². The molecule has 0 aromatic rings. The lowest BCUT2D eigenvalue weighted by atomic mass is 9.73. The molecule has 4 nitrogen and oxygen atoms in total. The first kappa shape index (κ1) is 16.9. The van der Waals surface area contributed by atoms with E-state index in [1.54, 1.807) is 13.8 Å². The minimum atomic E-state index is -1.62. The lowest BCUT2D eigenvalue weighted by molar-refractivity contribution is -0.169. The Bertz CT molecular complexity index is 257. The summed E-state index contributed by atoms with van der Waals surface area (Å²) in [4.78, 5) is 22.6. The van der Waals surface area contributed by atoms with E-state index in [0.717, 1.165) is 19.3 Å². The van der Waals surface area contributed by atoms with Crippen LogP contribution in [0.5, 0.6) is 0 Å². The minimum absolute atomic E-state index is 0.224. The summed E-state index contributed by atoms with van der Waals surface area (Å²) >= 11 is 0. The van der Waals surface area contributed by atoms with Crippen molar-refractivity contribution in [1.82, 2.24) is 0 Å². The fourth-order valence-corrected chi connectivity index (χ4v) is 2.27. The molecule has 0 aliphatic carbocycles. The van der Waals surface area contributed by atoms with Crippen molar-refractivity contribution in [2.45, 2.75) is 65.7 Å². The molecule has 106 valence electrons. The van der Waals surface area contributed by atoms with Crippen molar-refractivity contribution < 1.29 is 19.8 Å². The van der Waals surface area contributed by atoms with Crippen LogP contribution in [0.25, 0.3) is 0 Å². The Morgan fingerprint density at radius 3 is 1.78 bits per heavy atom. The van der Waals surface area contributed by atoms with E-state index in [9.17, 15) is 19.8 Å². The number of unbranched alkanes of at least 4 members (excludes halogenated alkanes) is 5. The molecule has 0 heterocycles. The van der Waals surface area contributed by atoms with Crippen LogP contribution in [0.15, 0.2) is 0 Å². The van der Waals surface area contributed by atoms with Gasteiger partial charge in [-0.1, -0.05) is 59.3 Å². The van der Waals surface area contributed by atoms with Gasteiger partial charge in [-0.2, -0.15) is 0 Å². The molecule has 0 atom stereocenters. The Morgan fingerprint density at radius 1 is 0.944 bits per heavy atom. The molecular formula is C14H26O4. The number of carboxylic acids is 2. The van der Waals surface area contributed by atoms with Crippen molar-refractivity contribution in [3.63, 3.8) is 0 Å². The predicted molar refractivity (Wildman–Crippen MR) is 70.5 cm³/mol. The van der Waals surface area contributed by atoms with Crippen LogP contribution in [0.1, 0.15) is 65.7 Å². The Kier molecular flexibility index (Phi) is 7.64. The lowest BCUT2D eigenvalue weighted by Crippen LogP contribution is -2.43. The van der Waals surface area contributed by atoms with Crippen molar-refractivity contribution in [2.75, 3.05) is 0 Å². The van der Waals surface area contributed by atoms with Crippen LogP contribution in [0, 0.1) is 11.3 Å². The first-order chi connectivity index (χ1) is 8.39. The van der Waals surface area contributed by atoms with Crippen molar-refractivity contribution in [1.29, 1.82) is 0 Å². The lowest BCUT2D eigenvalue weighted by Gasteiger charge is -2.28. The Labute approximate surface area is 109 Å². The second kappa shape index (κ2) is 8.11. The van der Waals surface area contributed by atoms with E-state index in [1.165, 1.54) is 12.8 Å². The fourth-order valence-electron chi connectivity index (χ4n) is 2.27. The van der Waals surface area contributed by atoms with E-state index < -0.39 is 23.3 Å². The molecule has 0 saturated carbocycles. The highest BCUT2D eigenvalue weighted by atomic mass is 16.4. The molecule has 0 aromatic heterocycles. The molecule has 2 N–H and O–H groups in total. The quantitative estimate of drug-likeness (QED) is 0.464. The summed E-state index contributed by atoms with van der Waals surface area (Å²) in [6.45, 7) is 5.47. The molecule has 18 heavy (non-hydrogen) atoms. The van der Waals surface area contributed by atoms with Crippen LogP contribution in [0.4, 0.5) is 0 Å². The maximum absolute atomic E-state index is 11.3. The van der Waals surface area contributed by atoms with Gasteiger partial charge in [-0.05, 0) is 12.3 Å². The molecule has 0 aliphatic rings. The van der Waals surface area contributed by atoms with Crippen LogP contribution in [0.2, 0.25) is 0 Å². The van der Waals surface area contributed by atoms with Crippen LogP contribution >= 0.6 is 0 Å². The van der Waals surface area contributed by atoms with Crippen LogP contribution in [-0.2, 0) is 9.59 Å². The van der Waals surface area contributed by atoms with Gasteiger partial charge in [-0.3, -0.25) is 9.59 Å². The maximum Gasteiger partial charge on any atom is 0.321 e. The molecule has 0 amide bonds. The molecule has 0 unspecified atom stereocenters. The summed E-state index contributed by atoms with van der Waals surface area (Å²) in [5.41, 5.74) is -1.62. The van der Waals surface area contributed by atoms with Gasteiger partial charge in [0, 0.05) is 0 Å². The third kappa shape index (κ3) is 4.31. The van der Waals surface area contributed by atoms with E-state index in [4.69, 9.17) is 0 Å². The van der Waals surface area contributed by atoms with Gasteiger partial charge < -0.3 is 10.2 Å². The van der Waals surface area contributed by atoms with Gasteiger partial charge in [-0.15, -0.1) is 0 Å². The monoisotopic (exact) mass is 258 g/mol. The highest BCUT2D eigenvalue weighted by Gasteiger charge is 2.48. The predicted octanol–water partition coefficient (Wildman–Crippen LogP) is 3.55. The number of carboxylic acid groups (broad SMARTS) is 2. The summed E-state index contributed by atoms with van der Waals surface area (Å²) in [5.74, 6) is -2.82. The molecule has 0 aromatic carbocycles. The molecular weight excluding hydrogens is 232 g/mol. The van der Waals surface area contributed by atoms with Crippen LogP contribution < -0.4 is 0 Å². The Morgan fingerprint density at radius 2 is 1.39 bits per heavy atom. The van der Waals surface area contributed by atoms with Crippen molar-refractivity contribution in [3.05, 3.63) is 0 Å². The zero-order valence-electron chi connectivity index (χ0n) is 11.7.